The molecule has 4 heteroatoms. The molecule has 1 fully saturated rings. The molecule has 0 aliphatic carbocycles. The van der Waals surface area contributed by atoms with Crippen LogP contribution >= 0.6 is 0 Å². The van der Waals surface area contributed by atoms with Crippen molar-refractivity contribution in [1.29, 1.82) is 0 Å². The predicted molar refractivity (Wildman–Crippen MR) is 71.0 cm³/mol. The molecule has 1 aliphatic rings. The number of carbonyl (C=O) groups is 1. The van der Waals surface area contributed by atoms with Crippen molar-refractivity contribution in [2.45, 2.75) is 33.1 Å². The standard InChI is InChI=1S/C14H20N2O2/c1-3-14(4-2)8-9-16(10-14)12-7-5-6-11(15-12)13(17)18/h5-7H,3-4,8-10H2,1-2H3,(H,17,18). The summed E-state index contributed by atoms with van der Waals surface area (Å²) < 4.78 is 0. The molecular formula is C14H20N2O2. The van der Waals surface area contributed by atoms with Crippen LogP contribution in [0.4, 0.5) is 5.82 Å². The highest BCUT2D eigenvalue weighted by atomic mass is 16.4. The number of anilines is 1. The molecule has 0 spiro atoms. The highest BCUT2D eigenvalue weighted by Gasteiger charge is 2.35. The molecule has 0 unspecified atom stereocenters. The highest BCUT2D eigenvalue weighted by Crippen LogP contribution is 2.38. The van der Waals surface area contributed by atoms with E-state index < -0.39 is 5.97 Å². The van der Waals surface area contributed by atoms with Crippen molar-refractivity contribution in [2.24, 2.45) is 5.41 Å². The Morgan fingerprint density at radius 2 is 2.17 bits per heavy atom. The smallest absolute Gasteiger partial charge is 0.354 e. The van der Waals surface area contributed by atoms with Gasteiger partial charge in [0.2, 0.25) is 0 Å². The quantitative estimate of drug-likeness (QED) is 0.890. The molecule has 0 atom stereocenters. The fourth-order valence-electron chi connectivity index (χ4n) is 2.68. The van der Waals surface area contributed by atoms with Gasteiger partial charge < -0.3 is 10.0 Å². The average Bonchev–Trinajstić information content (AvgIpc) is 2.84. The van der Waals surface area contributed by atoms with Crippen LogP contribution in [0.3, 0.4) is 0 Å². The van der Waals surface area contributed by atoms with E-state index in [2.05, 4.69) is 23.7 Å². The van der Waals surface area contributed by atoms with Gasteiger partial charge in [0.25, 0.3) is 0 Å². The number of hydrogen-bond acceptors (Lipinski definition) is 3. The number of carboxylic acid groups (broad SMARTS) is 1. The molecule has 0 amide bonds. The third-order valence-corrected chi connectivity index (χ3v) is 4.22. The third kappa shape index (κ3) is 2.33. The number of carboxylic acids is 1. The summed E-state index contributed by atoms with van der Waals surface area (Å²) in [5.74, 6) is -0.174. The molecule has 1 aromatic rings. The van der Waals surface area contributed by atoms with Gasteiger partial charge in [0.05, 0.1) is 0 Å². The van der Waals surface area contributed by atoms with Crippen LogP contribution in [-0.2, 0) is 0 Å². The van der Waals surface area contributed by atoms with Crippen molar-refractivity contribution in [3.05, 3.63) is 23.9 Å². The lowest BCUT2D eigenvalue weighted by molar-refractivity contribution is 0.0690. The normalized spacial score (nSPS) is 18.0. The van der Waals surface area contributed by atoms with Gasteiger partial charge in [-0.3, -0.25) is 0 Å². The van der Waals surface area contributed by atoms with Crippen LogP contribution < -0.4 is 4.90 Å². The topological polar surface area (TPSA) is 53.4 Å². The lowest BCUT2D eigenvalue weighted by atomic mass is 9.82. The molecular weight excluding hydrogens is 228 g/mol. The Balaban J connectivity index is 2.19. The van der Waals surface area contributed by atoms with E-state index >= 15 is 0 Å². The number of aromatic carboxylic acids is 1. The molecule has 98 valence electrons. The lowest BCUT2D eigenvalue weighted by Crippen LogP contribution is -2.27. The Kier molecular flexibility index (Phi) is 3.55. The van der Waals surface area contributed by atoms with Gasteiger partial charge in [-0.1, -0.05) is 19.9 Å². The first-order chi connectivity index (χ1) is 8.60. The van der Waals surface area contributed by atoms with Gasteiger partial charge in [0.15, 0.2) is 5.69 Å². The third-order valence-electron chi connectivity index (χ3n) is 4.22. The van der Waals surface area contributed by atoms with Gasteiger partial charge in [-0.15, -0.1) is 0 Å². The molecule has 4 nitrogen and oxygen atoms in total. The molecule has 0 radical (unpaired) electrons. The van der Waals surface area contributed by atoms with Crippen molar-refractivity contribution in [2.75, 3.05) is 18.0 Å². The minimum Gasteiger partial charge on any atom is -0.477 e. The summed E-state index contributed by atoms with van der Waals surface area (Å²) in [6, 6.07) is 5.20. The summed E-state index contributed by atoms with van der Waals surface area (Å²) in [4.78, 5) is 17.3. The first kappa shape index (κ1) is 12.9. The molecule has 2 rings (SSSR count). The Labute approximate surface area is 108 Å². The number of rotatable bonds is 4. The maximum atomic E-state index is 10.9. The van der Waals surface area contributed by atoms with Crippen molar-refractivity contribution >= 4 is 11.8 Å². The molecule has 1 N–H and O–H groups in total. The Bertz CT molecular complexity index is 441. The van der Waals surface area contributed by atoms with E-state index in [1.807, 2.05) is 6.07 Å². The molecule has 1 aromatic heterocycles. The molecule has 18 heavy (non-hydrogen) atoms. The second-order valence-corrected chi connectivity index (χ2v) is 5.06. The molecule has 0 saturated carbocycles. The average molecular weight is 248 g/mol. The maximum absolute atomic E-state index is 10.9. The first-order valence-corrected chi connectivity index (χ1v) is 6.55. The second-order valence-electron chi connectivity index (χ2n) is 5.06. The largest absolute Gasteiger partial charge is 0.477 e. The Morgan fingerprint density at radius 3 is 2.72 bits per heavy atom. The summed E-state index contributed by atoms with van der Waals surface area (Å²) in [6.45, 7) is 6.41. The Hall–Kier alpha value is -1.58. The van der Waals surface area contributed by atoms with E-state index in [0.717, 1.165) is 18.9 Å². The maximum Gasteiger partial charge on any atom is 0.354 e. The van der Waals surface area contributed by atoms with Gasteiger partial charge in [0, 0.05) is 13.1 Å². The SMILES string of the molecule is CCC1(CC)CCN(c2cccc(C(=O)O)n2)C1. The van der Waals surface area contributed by atoms with Gasteiger partial charge in [-0.25, -0.2) is 9.78 Å². The van der Waals surface area contributed by atoms with Crippen LogP contribution in [0.25, 0.3) is 0 Å². The van der Waals surface area contributed by atoms with E-state index in [4.69, 9.17) is 5.11 Å². The van der Waals surface area contributed by atoms with Gasteiger partial charge in [-0.05, 0) is 36.8 Å². The summed E-state index contributed by atoms with van der Waals surface area (Å²) in [5.41, 5.74) is 0.499. The number of hydrogen-bond donors (Lipinski definition) is 1. The molecule has 0 aromatic carbocycles. The van der Waals surface area contributed by atoms with Crippen LogP contribution in [0.5, 0.6) is 0 Å². The minimum atomic E-state index is -0.965. The first-order valence-electron chi connectivity index (χ1n) is 6.55. The van der Waals surface area contributed by atoms with Crippen molar-refractivity contribution in [3.8, 4) is 0 Å². The van der Waals surface area contributed by atoms with Gasteiger partial charge >= 0.3 is 5.97 Å². The fourth-order valence-corrected chi connectivity index (χ4v) is 2.68. The predicted octanol–water partition coefficient (Wildman–Crippen LogP) is 2.80. The van der Waals surface area contributed by atoms with E-state index in [-0.39, 0.29) is 5.69 Å². The molecule has 2 heterocycles. The number of nitrogens with zero attached hydrogens (tertiary/aromatic N) is 2. The summed E-state index contributed by atoms with van der Waals surface area (Å²) >= 11 is 0. The van der Waals surface area contributed by atoms with Gasteiger partial charge in [-0.2, -0.15) is 0 Å². The van der Waals surface area contributed by atoms with E-state index in [9.17, 15) is 4.79 Å². The molecule has 1 saturated heterocycles. The zero-order valence-corrected chi connectivity index (χ0v) is 11.0. The monoisotopic (exact) mass is 248 g/mol. The van der Waals surface area contributed by atoms with Crippen molar-refractivity contribution in [3.63, 3.8) is 0 Å². The van der Waals surface area contributed by atoms with Crippen LogP contribution in [0.15, 0.2) is 18.2 Å². The van der Waals surface area contributed by atoms with Crippen LogP contribution in [0.2, 0.25) is 0 Å². The number of pyridine rings is 1. The van der Waals surface area contributed by atoms with E-state index in [0.29, 0.717) is 5.41 Å². The van der Waals surface area contributed by atoms with Crippen molar-refractivity contribution < 1.29 is 9.90 Å². The molecule has 1 aliphatic heterocycles. The Morgan fingerprint density at radius 1 is 1.44 bits per heavy atom. The summed E-state index contributed by atoms with van der Waals surface area (Å²) in [6.07, 6.45) is 3.50. The minimum absolute atomic E-state index is 0.123. The van der Waals surface area contributed by atoms with Crippen molar-refractivity contribution in [1.82, 2.24) is 4.98 Å². The highest BCUT2D eigenvalue weighted by molar-refractivity contribution is 5.85. The van der Waals surface area contributed by atoms with Gasteiger partial charge in [0.1, 0.15) is 5.82 Å². The number of aromatic nitrogens is 1. The van der Waals surface area contributed by atoms with E-state index in [1.165, 1.54) is 25.3 Å². The summed E-state index contributed by atoms with van der Waals surface area (Å²) in [5, 5.41) is 8.97. The molecule has 0 bridgehead atoms. The van der Waals surface area contributed by atoms with Crippen LogP contribution in [0.1, 0.15) is 43.6 Å². The second kappa shape index (κ2) is 4.96. The van der Waals surface area contributed by atoms with Crippen LogP contribution in [0, 0.1) is 5.41 Å². The fraction of sp³-hybridized carbons (Fsp3) is 0.571. The van der Waals surface area contributed by atoms with Crippen LogP contribution in [-0.4, -0.2) is 29.1 Å². The zero-order chi connectivity index (χ0) is 13.2. The summed E-state index contributed by atoms with van der Waals surface area (Å²) in [7, 11) is 0. The van der Waals surface area contributed by atoms with E-state index in [1.54, 1.807) is 6.07 Å². The lowest BCUT2D eigenvalue weighted by Gasteiger charge is -2.26. The zero-order valence-electron chi connectivity index (χ0n) is 11.0.